The number of nitrogens with zero attached hydrogens (tertiary/aromatic N) is 1. The van der Waals surface area contributed by atoms with Crippen LogP contribution in [-0.2, 0) is 4.74 Å². The summed E-state index contributed by atoms with van der Waals surface area (Å²) >= 11 is 0. The monoisotopic (exact) mass is 338 g/mol. The second kappa shape index (κ2) is 7.28. The van der Waals surface area contributed by atoms with Crippen LogP contribution >= 0.6 is 0 Å². The van der Waals surface area contributed by atoms with Crippen molar-refractivity contribution in [3.8, 4) is 11.1 Å². The quantitative estimate of drug-likeness (QED) is 0.891. The molecule has 0 saturated carbocycles. The number of piperazine rings is 1. The summed E-state index contributed by atoms with van der Waals surface area (Å²) in [6.45, 7) is 7.75. The summed E-state index contributed by atoms with van der Waals surface area (Å²) in [5, 5.41) is 3.49. The van der Waals surface area contributed by atoms with Gasteiger partial charge in [0.2, 0.25) is 0 Å². The summed E-state index contributed by atoms with van der Waals surface area (Å²) < 4.78 is 5.50. The van der Waals surface area contributed by atoms with E-state index in [1.807, 2.05) is 39.0 Å². The van der Waals surface area contributed by atoms with E-state index in [1.165, 1.54) is 16.7 Å². The molecule has 0 spiro atoms. The van der Waals surface area contributed by atoms with Crippen molar-refractivity contribution in [2.24, 2.45) is 0 Å². The summed E-state index contributed by atoms with van der Waals surface area (Å²) in [4.78, 5) is 14.1. The van der Waals surface area contributed by atoms with Gasteiger partial charge in [-0.15, -0.1) is 0 Å². The molecular formula is C21H26N2O2. The highest BCUT2D eigenvalue weighted by Gasteiger charge is 2.27. The van der Waals surface area contributed by atoms with Gasteiger partial charge in [0.1, 0.15) is 5.60 Å². The van der Waals surface area contributed by atoms with E-state index >= 15 is 0 Å². The van der Waals surface area contributed by atoms with E-state index in [1.54, 1.807) is 4.90 Å². The highest BCUT2D eigenvalue weighted by atomic mass is 16.6. The first kappa shape index (κ1) is 17.5. The molecule has 0 aromatic heterocycles. The van der Waals surface area contributed by atoms with Crippen LogP contribution in [0, 0.1) is 0 Å². The number of ether oxygens (including phenoxy) is 1. The lowest BCUT2D eigenvalue weighted by molar-refractivity contribution is 0.0195. The minimum atomic E-state index is -0.464. The van der Waals surface area contributed by atoms with Crippen molar-refractivity contribution in [3.63, 3.8) is 0 Å². The Balaban J connectivity index is 1.68. The normalized spacial score (nSPS) is 18.0. The lowest BCUT2D eigenvalue weighted by Gasteiger charge is -2.35. The fraction of sp³-hybridized carbons (Fsp3) is 0.381. The Hall–Kier alpha value is -2.33. The second-order valence-electron chi connectivity index (χ2n) is 7.42. The van der Waals surface area contributed by atoms with Crippen LogP contribution in [0.1, 0.15) is 32.4 Å². The van der Waals surface area contributed by atoms with Gasteiger partial charge in [-0.25, -0.2) is 4.79 Å². The zero-order chi connectivity index (χ0) is 17.9. The lowest BCUT2D eigenvalue weighted by Crippen LogP contribution is -2.49. The van der Waals surface area contributed by atoms with Crippen molar-refractivity contribution in [3.05, 3.63) is 60.2 Å². The van der Waals surface area contributed by atoms with Gasteiger partial charge in [-0.1, -0.05) is 54.6 Å². The SMILES string of the molecule is CC(C)(C)OC(=O)N1CCN[C@@H](c2ccc(-c3ccccc3)cc2)C1. The minimum absolute atomic E-state index is 0.131. The zero-order valence-corrected chi connectivity index (χ0v) is 15.2. The third-order valence-corrected chi connectivity index (χ3v) is 4.25. The van der Waals surface area contributed by atoms with Gasteiger partial charge in [0.25, 0.3) is 0 Å². The Bertz CT molecular complexity index is 705. The van der Waals surface area contributed by atoms with Crippen LogP contribution in [0.5, 0.6) is 0 Å². The van der Waals surface area contributed by atoms with E-state index in [0.29, 0.717) is 13.1 Å². The fourth-order valence-electron chi connectivity index (χ4n) is 3.00. The minimum Gasteiger partial charge on any atom is -0.444 e. The average Bonchev–Trinajstić information content (AvgIpc) is 2.61. The van der Waals surface area contributed by atoms with Crippen LogP contribution < -0.4 is 5.32 Å². The molecule has 2 aromatic carbocycles. The predicted molar refractivity (Wildman–Crippen MR) is 100 cm³/mol. The third kappa shape index (κ3) is 4.60. The first-order valence-electron chi connectivity index (χ1n) is 8.79. The van der Waals surface area contributed by atoms with Gasteiger partial charge in [-0.2, -0.15) is 0 Å². The first-order valence-corrected chi connectivity index (χ1v) is 8.79. The molecule has 1 saturated heterocycles. The van der Waals surface area contributed by atoms with Crippen molar-refractivity contribution >= 4 is 6.09 Å². The van der Waals surface area contributed by atoms with Gasteiger partial charge in [0.05, 0.1) is 6.04 Å². The number of amides is 1. The van der Waals surface area contributed by atoms with Gasteiger partial charge in [-0.3, -0.25) is 0 Å². The average molecular weight is 338 g/mol. The van der Waals surface area contributed by atoms with E-state index in [4.69, 9.17) is 4.74 Å². The Morgan fingerprint density at radius 3 is 2.32 bits per heavy atom. The maximum absolute atomic E-state index is 12.3. The fourth-order valence-corrected chi connectivity index (χ4v) is 3.00. The van der Waals surface area contributed by atoms with Crippen molar-refractivity contribution in [1.82, 2.24) is 10.2 Å². The van der Waals surface area contributed by atoms with E-state index in [2.05, 4.69) is 41.7 Å². The molecule has 1 aliphatic heterocycles. The largest absolute Gasteiger partial charge is 0.444 e. The summed E-state index contributed by atoms with van der Waals surface area (Å²) in [5.74, 6) is 0. The first-order chi connectivity index (χ1) is 11.9. The molecule has 1 fully saturated rings. The summed E-state index contributed by atoms with van der Waals surface area (Å²) in [6, 6.07) is 19.0. The molecule has 132 valence electrons. The van der Waals surface area contributed by atoms with Crippen molar-refractivity contribution in [1.29, 1.82) is 0 Å². The van der Waals surface area contributed by atoms with Crippen molar-refractivity contribution in [2.75, 3.05) is 19.6 Å². The molecule has 0 bridgehead atoms. The van der Waals surface area contributed by atoms with E-state index < -0.39 is 5.60 Å². The summed E-state index contributed by atoms with van der Waals surface area (Å²) in [7, 11) is 0. The molecule has 4 heteroatoms. The van der Waals surface area contributed by atoms with Crippen LogP contribution in [0.25, 0.3) is 11.1 Å². The predicted octanol–water partition coefficient (Wildman–Crippen LogP) is 4.24. The van der Waals surface area contributed by atoms with Gasteiger partial charge in [-0.05, 0) is 37.5 Å². The Labute approximate surface area is 149 Å². The molecule has 1 amide bonds. The number of nitrogens with one attached hydrogen (secondary N) is 1. The van der Waals surface area contributed by atoms with Crippen LogP contribution in [-0.4, -0.2) is 36.2 Å². The number of hydrogen-bond acceptors (Lipinski definition) is 3. The van der Waals surface area contributed by atoms with Gasteiger partial charge < -0.3 is 15.0 Å². The van der Waals surface area contributed by atoms with Crippen LogP contribution in [0.3, 0.4) is 0 Å². The molecule has 1 atom stereocenters. The van der Waals surface area contributed by atoms with Crippen LogP contribution in [0.4, 0.5) is 4.79 Å². The molecule has 2 aromatic rings. The third-order valence-electron chi connectivity index (χ3n) is 4.25. The molecule has 0 radical (unpaired) electrons. The standard InChI is InChI=1S/C21H26N2O2/c1-21(2,3)25-20(24)23-14-13-22-19(15-23)18-11-9-17(10-12-18)16-7-5-4-6-8-16/h4-12,19,22H,13-15H2,1-3H3/t19-/m1/s1. The van der Waals surface area contributed by atoms with Crippen molar-refractivity contribution in [2.45, 2.75) is 32.4 Å². The van der Waals surface area contributed by atoms with Gasteiger partial charge >= 0.3 is 6.09 Å². The zero-order valence-electron chi connectivity index (χ0n) is 15.2. The maximum atomic E-state index is 12.3. The number of rotatable bonds is 2. The Kier molecular flexibility index (Phi) is 5.09. The Morgan fingerprint density at radius 2 is 1.68 bits per heavy atom. The molecule has 0 aliphatic carbocycles. The number of benzene rings is 2. The molecular weight excluding hydrogens is 312 g/mol. The molecule has 1 N–H and O–H groups in total. The van der Waals surface area contributed by atoms with Gasteiger partial charge in [0.15, 0.2) is 0 Å². The molecule has 3 rings (SSSR count). The van der Waals surface area contributed by atoms with Crippen LogP contribution in [0.2, 0.25) is 0 Å². The highest BCUT2D eigenvalue weighted by Crippen LogP contribution is 2.24. The number of carbonyl (C=O) groups excluding carboxylic acids is 1. The number of carbonyl (C=O) groups is 1. The van der Waals surface area contributed by atoms with E-state index in [0.717, 1.165) is 6.54 Å². The maximum Gasteiger partial charge on any atom is 0.410 e. The molecule has 1 heterocycles. The molecule has 1 aliphatic rings. The van der Waals surface area contributed by atoms with Crippen LogP contribution in [0.15, 0.2) is 54.6 Å². The van der Waals surface area contributed by atoms with Gasteiger partial charge in [0, 0.05) is 19.6 Å². The number of hydrogen-bond donors (Lipinski definition) is 1. The Morgan fingerprint density at radius 1 is 1.04 bits per heavy atom. The molecule has 4 nitrogen and oxygen atoms in total. The van der Waals surface area contributed by atoms with Crippen molar-refractivity contribution < 1.29 is 9.53 Å². The second-order valence-corrected chi connectivity index (χ2v) is 7.42. The highest BCUT2D eigenvalue weighted by molar-refractivity contribution is 5.68. The topological polar surface area (TPSA) is 41.6 Å². The summed E-state index contributed by atoms with van der Waals surface area (Å²) in [5.41, 5.74) is 3.13. The molecule has 0 unspecified atom stereocenters. The van der Waals surface area contributed by atoms with E-state index in [-0.39, 0.29) is 12.1 Å². The van der Waals surface area contributed by atoms with E-state index in [9.17, 15) is 4.79 Å². The molecule has 25 heavy (non-hydrogen) atoms. The summed E-state index contributed by atoms with van der Waals surface area (Å²) in [6.07, 6.45) is -0.236. The lowest BCUT2D eigenvalue weighted by atomic mass is 9.99. The smallest absolute Gasteiger partial charge is 0.410 e.